The number of aromatic nitrogens is 1. The van der Waals surface area contributed by atoms with E-state index < -0.39 is 16.7 Å². The van der Waals surface area contributed by atoms with Gasteiger partial charge in [-0.2, -0.15) is 0 Å². The number of ether oxygens (including phenoxy) is 1. The number of halogens is 3. The summed E-state index contributed by atoms with van der Waals surface area (Å²) in [5, 5.41) is 6.38. The summed E-state index contributed by atoms with van der Waals surface area (Å²) in [6.45, 7) is 2.26. The van der Waals surface area contributed by atoms with E-state index >= 15 is 0 Å². The molecule has 1 saturated heterocycles. The van der Waals surface area contributed by atoms with Gasteiger partial charge in [0.1, 0.15) is 12.4 Å². The van der Waals surface area contributed by atoms with Gasteiger partial charge in [-0.25, -0.2) is 4.98 Å². The summed E-state index contributed by atoms with van der Waals surface area (Å²) < 4.78 is 54.1. The third-order valence-electron chi connectivity index (χ3n) is 3.89. The number of benzene rings is 1. The maximum absolute atomic E-state index is 12.4. The molecule has 4 nitrogen and oxygen atoms in total. The van der Waals surface area contributed by atoms with Gasteiger partial charge in [-0.15, -0.1) is 24.5 Å². The van der Waals surface area contributed by atoms with Crippen molar-refractivity contribution in [1.82, 2.24) is 10.3 Å². The van der Waals surface area contributed by atoms with Crippen molar-refractivity contribution in [2.45, 2.75) is 35.8 Å². The first-order valence-electron chi connectivity index (χ1n) is 7.80. The summed E-state index contributed by atoms with van der Waals surface area (Å²) in [6.07, 6.45) is 2.15. The van der Waals surface area contributed by atoms with Gasteiger partial charge in [0.15, 0.2) is 4.90 Å². The molecule has 0 aliphatic carbocycles. The molecule has 136 valence electrons. The van der Waals surface area contributed by atoms with Crippen molar-refractivity contribution in [2.24, 2.45) is 0 Å². The van der Waals surface area contributed by atoms with Crippen LogP contribution in [0.25, 0.3) is 0 Å². The number of hydrogen-bond donors (Lipinski definition) is 1. The topological polar surface area (TPSA) is 57.2 Å². The minimum atomic E-state index is -4.76. The van der Waals surface area contributed by atoms with Gasteiger partial charge in [0, 0.05) is 11.3 Å². The first-order chi connectivity index (χ1) is 11.9. The molecule has 2 heterocycles. The highest BCUT2D eigenvalue weighted by Gasteiger charge is 2.45. The van der Waals surface area contributed by atoms with Crippen molar-refractivity contribution in [1.29, 1.82) is 0 Å². The van der Waals surface area contributed by atoms with Gasteiger partial charge < -0.3 is 14.6 Å². The number of piperidine rings is 1. The summed E-state index contributed by atoms with van der Waals surface area (Å²) in [4.78, 5) is 4.31. The zero-order valence-corrected chi connectivity index (χ0v) is 14.8. The number of rotatable bonds is 5. The van der Waals surface area contributed by atoms with Crippen LogP contribution in [-0.4, -0.2) is 28.1 Å². The van der Waals surface area contributed by atoms with Crippen molar-refractivity contribution >= 4 is 22.5 Å². The van der Waals surface area contributed by atoms with Gasteiger partial charge in [0.2, 0.25) is 0 Å². The predicted molar refractivity (Wildman–Crippen MR) is 90.2 cm³/mol. The molecule has 0 bridgehead atoms. The molecule has 0 spiro atoms. The lowest BCUT2D eigenvalue weighted by molar-refractivity contribution is -0.0435. The van der Waals surface area contributed by atoms with E-state index in [0.29, 0.717) is 11.7 Å². The Hall–Kier alpha value is -1.29. The minimum Gasteiger partial charge on any atom is -0.604 e. The molecule has 1 aliphatic heterocycles. The van der Waals surface area contributed by atoms with Gasteiger partial charge in [-0.1, -0.05) is 0 Å². The van der Waals surface area contributed by atoms with Gasteiger partial charge in [0.25, 0.3) is 0 Å². The summed E-state index contributed by atoms with van der Waals surface area (Å²) in [5.41, 5.74) is -3.95. The molecule has 1 N–H and O–H groups in total. The Kier molecular flexibility index (Phi) is 5.88. The molecular formula is C16H17F3N2O2S2. The molecule has 3 rings (SSSR count). The van der Waals surface area contributed by atoms with Crippen molar-refractivity contribution in [3.05, 3.63) is 40.3 Å². The molecule has 9 heteroatoms. The normalized spacial score (nSPS) is 17.4. The van der Waals surface area contributed by atoms with E-state index in [-0.39, 0.29) is 11.5 Å². The lowest BCUT2D eigenvalue weighted by atomic mass is 9.99. The molecule has 1 unspecified atom stereocenters. The summed E-state index contributed by atoms with van der Waals surface area (Å²) in [7, 11) is 0. The van der Waals surface area contributed by atoms with Crippen molar-refractivity contribution < 1.29 is 22.5 Å². The van der Waals surface area contributed by atoms with Crippen LogP contribution in [0.5, 0.6) is 5.75 Å². The number of hydrogen-bond acceptors (Lipinski definition) is 5. The fourth-order valence-corrected chi connectivity index (χ4v) is 4.22. The van der Waals surface area contributed by atoms with Crippen LogP contribution in [-0.2, 0) is 17.8 Å². The van der Waals surface area contributed by atoms with Crippen molar-refractivity contribution in [2.75, 3.05) is 13.1 Å². The van der Waals surface area contributed by atoms with E-state index in [0.717, 1.165) is 36.6 Å². The Morgan fingerprint density at radius 3 is 2.56 bits per heavy atom. The lowest BCUT2D eigenvalue weighted by Crippen LogP contribution is -2.26. The highest BCUT2D eigenvalue weighted by Crippen LogP contribution is 2.31. The molecule has 2 aromatic rings. The van der Waals surface area contributed by atoms with Crippen LogP contribution in [0.3, 0.4) is 0 Å². The Morgan fingerprint density at radius 1 is 1.24 bits per heavy atom. The monoisotopic (exact) mass is 390 g/mol. The second-order valence-corrected chi connectivity index (χ2v) is 8.04. The molecule has 25 heavy (non-hydrogen) atoms. The Labute approximate surface area is 150 Å². The average Bonchev–Trinajstić information content (AvgIpc) is 3.09. The first-order valence-corrected chi connectivity index (χ1v) is 9.83. The number of nitrogens with one attached hydrogen (secondary N) is 1. The van der Waals surface area contributed by atoms with Crippen LogP contribution in [0.1, 0.15) is 29.5 Å². The Morgan fingerprint density at radius 2 is 1.92 bits per heavy atom. The number of nitrogens with zero attached hydrogens (tertiary/aromatic N) is 1. The standard InChI is InChI=1S/C16H17F3N2O2S2/c17-16(18,19)25(22)14-3-1-13(2-4-14)23-9-12-10-24-15(21-12)11-5-7-20-8-6-11/h1-4,10-11,20H,5-9H2. The SMILES string of the molecule is [O-][S+](c1ccc(OCc2csc(C3CCNCC3)n2)cc1)C(F)(F)F. The summed E-state index contributed by atoms with van der Waals surface area (Å²) in [6, 6.07) is 5.11. The zero-order chi connectivity index (χ0) is 17.9. The van der Waals surface area contributed by atoms with Gasteiger partial charge in [0.05, 0.1) is 21.9 Å². The molecule has 1 atom stereocenters. The van der Waals surface area contributed by atoms with Crippen molar-refractivity contribution in [3.63, 3.8) is 0 Å². The maximum Gasteiger partial charge on any atom is 0.578 e. The van der Waals surface area contributed by atoms with Gasteiger partial charge >= 0.3 is 5.51 Å². The smallest absolute Gasteiger partial charge is 0.578 e. The van der Waals surface area contributed by atoms with E-state index in [2.05, 4.69) is 10.3 Å². The first kappa shape index (κ1) is 18.5. The summed E-state index contributed by atoms with van der Waals surface area (Å²) in [5.74, 6) is 0.899. The average molecular weight is 390 g/mol. The highest BCUT2D eigenvalue weighted by atomic mass is 32.2. The van der Waals surface area contributed by atoms with E-state index in [1.54, 1.807) is 11.3 Å². The minimum absolute atomic E-state index is 0.253. The maximum atomic E-state index is 12.4. The quantitative estimate of drug-likeness (QED) is 0.789. The largest absolute Gasteiger partial charge is 0.604 e. The molecule has 1 aliphatic rings. The van der Waals surface area contributed by atoms with Crippen LogP contribution >= 0.6 is 11.3 Å². The zero-order valence-electron chi connectivity index (χ0n) is 13.2. The van der Waals surface area contributed by atoms with E-state index in [1.165, 1.54) is 24.3 Å². The Bertz CT molecular complexity index is 685. The third-order valence-corrected chi connectivity index (χ3v) is 6.07. The Balaban J connectivity index is 1.56. The van der Waals surface area contributed by atoms with Crippen LogP contribution in [0.15, 0.2) is 34.5 Å². The molecule has 0 radical (unpaired) electrons. The van der Waals surface area contributed by atoms with Crippen LogP contribution in [0.4, 0.5) is 13.2 Å². The van der Waals surface area contributed by atoms with E-state index in [9.17, 15) is 17.7 Å². The molecule has 1 aromatic heterocycles. The lowest BCUT2D eigenvalue weighted by Gasteiger charge is -2.20. The second kappa shape index (κ2) is 7.94. The van der Waals surface area contributed by atoms with E-state index in [4.69, 9.17) is 4.74 Å². The third kappa shape index (κ3) is 4.87. The number of thiazole rings is 1. The van der Waals surface area contributed by atoms with Gasteiger partial charge in [-0.05, 0) is 50.2 Å². The highest BCUT2D eigenvalue weighted by molar-refractivity contribution is 7.92. The summed E-state index contributed by atoms with van der Waals surface area (Å²) >= 11 is -1.40. The second-order valence-electron chi connectivity index (χ2n) is 5.68. The molecule has 0 amide bonds. The van der Waals surface area contributed by atoms with Gasteiger partial charge in [-0.3, -0.25) is 0 Å². The fourth-order valence-electron chi connectivity index (χ4n) is 2.60. The van der Waals surface area contributed by atoms with Crippen LogP contribution in [0, 0.1) is 0 Å². The molecular weight excluding hydrogens is 373 g/mol. The van der Waals surface area contributed by atoms with Crippen LogP contribution in [0.2, 0.25) is 0 Å². The number of alkyl halides is 3. The molecule has 1 fully saturated rings. The predicted octanol–water partition coefficient (Wildman–Crippen LogP) is 3.82. The fraction of sp³-hybridized carbons (Fsp3) is 0.438. The van der Waals surface area contributed by atoms with Crippen LogP contribution < -0.4 is 10.1 Å². The van der Waals surface area contributed by atoms with Crippen molar-refractivity contribution in [3.8, 4) is 5.75 Å². The van der Waals surface area contributed by atoms with E-state index in [1.807, 2.05) is 5.38 Å². The molecule has 0 saturated carbocycles. The molecule has 1 aromatic carbocycles.